The van der Waals surface area contributed by atoms with Crippen LogP contribution in [0.15, 0.2) is 46.1 Å². The number of hydrogen-bond donors (Lipinski definition) is 0. The molecule has 0 saturated carbocycles. The molecule has 0 aromatic rings. The van der Waals surface area contributed by atoms with Crippen LogP contribution in [-0.4, -0.2) is 37.2 Å². The normalized spacial score (nSPS) is 20.5. The summed E-state index contributed by atoms with van der Waals surface area (Å²) in [6, 6.07) is 0. The molecule has 0 aromatic heterocycles. The fraction of sp³-hybridized carbons (Fsp3) is 0.621. The minimum atomic E-state index is -0.471. The fourth-order valence-corrected chi connectivity index (χ4v) is 4.87. The monoisotopic (exact) mass is 486 g/mol. The second-order valence-electron chi connectivity index (χ2n) is 10.4. The van der Waals surface area contributed by atoms with Gasteiger partial charge in [-0.1, -0.05) is 42.7 Å². The number of allylic oxidation sites excluding steroid dienone is 4. The first-order chi connectivity index (χ1) is 16.5. The lowest BCUT2D eigenvalue weighted by Crippen LogP contribution is -2.20. The summed E-state index contributed by atoms with van der Waals surface area (Å²) in [7, 11) is 0. The molecule has 0 saturated heterocycles. The topological polar surface area (TPSA) is 78.9 Å². The number of ether oxygens (including phenoxy) is 3. The molecule has 1 aliphatic heterocycles. The lowest BCUT2D eigenvalue weighted by molar-refractivity contribution is -0.141. The molecule has 0 radical (unpaired) electrons. The SMILES string of the molecule is CC(=O)OCC(=CC[C@H]1OC(=O)C=C1COC(C)=O)CC/C=C(\C)CCC1=C(C)CCCC1(C)C. The van der Waals surface area contributed by atoms with Crippen molar-refractivity contribution >= 4 is 17.9 Å². The fourth-order valence-electron chi connectivity index (χ4n) is 4.87. The van der Waals surface area contributed by atoms with Gasteiger partial charge in [-0.3, -0.25) is 9.59 Å². The van der Waals surface area contributed by atoms with E-state index in [1.807, 2.05) is 6.08 Å². The zero-order valence-electron chi connectivity index (χ0n) is 22.3. The van der Waals surface area contributed by atoms with Crippen molar-refractivity contribution in [1.29, 1.82) is 0 Å². The van der Waals surface area contributed by atoms with Crippen LogP contribution >= 0.6 is 0 Å². The Labute approximate surface area is 210 Å². The molecule has 194 valence electrons. The Morgan fingerprint density at radius 1 is 1.11 bits per heavy atom. The summed E-state index contributed by atoms with van der Waals surface area (Å²) in [6.45, 7) is 12.2. The molecule has 0 amide bonds. The van der Waals surface area contributed by atoms with Gasteiger partial charge in [0, 0.05) is 31.9 Å². The molecule has 0 bridgehead atoms. The molecule has 1 heterocycles. The Balaban J connectivity index is 1.95. The molecule has 0 unspecified atom stereocenters. The van der Waals surface area contributed by atoms with E-state index in [-0.39, 0.29) is 19.2 Å². The maximum atomic E-state index is 11.7. The molecule has 0 aromatic carbocycles. The first kappa shape index (κ1) is 28.6. The summed E-state index contributed by atoms with van der Waals surface area (Å²) >= 11 is 0. The molecule has 1 aliphatic carbocycles. The zero-order chi connectivity index (χ0) is 26.0. The van der Waals surface area contributed by atoms with Crippen LogP contribution in [0.3, 0.4) is 0 Å². The minimum Gasteiger partial charge on any atom is -0.461 e. The maximum absolute atomic E-state index is 11.7. The third kappa shape index (κ3) is 9.87. The van der Waals surface area contributed by atoms with Crippen molar-refractivity contribution in [3.05, 3.63) is 46.1 Å². The van der Waals surface area contributed by atoms with E-state index in [1.165, 1.54) is 44.8 Å². The van der Waals surface area contributed by atoms with Crippen molar-refractivity contribution in [3.8, 4) is 0 Å². The van der Waals surface area contributed by atoms with Crippen LogP contribution in [0.1, 0.15) is 92.9 Å². The van der Waals surface area contributed by atoms with Crippen molar-refractivity contribution in [2.24, 2.45) is 5.41 Å². The number of hydrogen-bond acceptors (Lipinski definition) is 6. The van der Waals surface area contributed by atoms with Crippen LogP contribution < -0.4 is 0 Å². The third-order valence-electron chi connectivity index (χ3n) is 6.91. The van der Waals surface area contributed by atoms with Gasteiger partial charge in [0.2, 0.25) is 0 Å². The number of carbonyl (C=O) groups excluding carboxylic acids is 3. The Morgan fingerprint density at radius 3 is 2.49 bits per heavy atom. The lowest BCUT2D eigenvalue weighted by atomic mass is 9.71. The van der Waals surface area contributed by atoms with Crippen LogP contribution in [-0.2, 0) is 28.6 Å². The van der Waals surface area contributed by atoms with E-state index in [9.17, 15) is 14.4 Å². The molecular formula is C29H42O6. The first-order valence-electron chi connectivity index (χ1n) is 12.7. The van der Waals surface area contributed by atoms with Gasteiger partial charge >= 0.3 is 17.9 Å². The summed E-state index contributed by atoms with van der Waals surface area (Å²) in [4.78, 5) is 34.2. The van der Waals surface area contributed by atoms with Crippen LogP contribution in [0.25, 0.3) is 0 Å². The average molecular weight is 487 g/mol. The molecule has 0 spiro atoms. The molecule has 0 N–H and O–H groups in total. The van der Waals surface area contributed by atoms with Crippen LogP contribution in [0.5, 0.6) is 0 Å². The summed E-state index contributed by atoms with van der Waals surface area (Å²) in [6.07, 6.45) is 13.1. The number of carbonyl (C=O) groups is 3. The highest BCUT2D eigenvalue weighted by atomic mass is 16.6. The van der Waals surface area contributed by atoms with Gasteiger partial charge < -0.3 is 14.2 Å². The van der Waals surface area contributed by atoms with E-state index in [4.69, 9.17) is 14.2 Å². The second kappa shape index (κ2) is 13.5. The van der Waals surface area contributed by atoms with Crippen LogP contribution in [0, 0.1) is 5.41 Å². The van der Waals surface area contributed by atoms with E-state index < -0.39 is 18.0 Å². The first-order valence-corrected chi connectivity index (χ1v) is 12.7. The smallest absolute Gasteiger partial charge is 0.331 e. The molecular weight excluding hydrogens is 444 g/mol. The van der Waals surface area contributed by atoms with Crippen molar-refractivity contribution in [2.75, 3.05) is 13.2 Å². The lowest BCUT2D eigenvalue weighted by Gasteiger charge is -2.35. The van der Waals surface area contributed by atoms with Gasteiger partial charge in [-0.25, -0.2) is 4.79 Å². The van der Waals surface area contributed by atoms with E-state index in [0.717, 1.165) is 31.3 Å². The van der Waals surface area contributed by atoms with Crippen molar-refractivity contribution in [2.45, 2.75) is 99.0 Å². The Kier molecular flexibility index (Phi) is 11.0. The van der Waals surface area contributed by atoms with Crippen LogP contribution in [0.4, 0.5) is 0 Å². The van der Waals surface area contributed by atoms with Gasteiger partial charge in [0.05, 0.1) is 0 Å². The molecule has 0 fully saturated rings. The summed E-state index contributed by atoms with van der Waals surface area (Å²) in [5.41, 5.74) is 6.47. The molecule has 6 nitrogen and oxygen atoms in total. The minimum absolute atomic E-state index is 0.0352. The van der Waals surface area contributed by atoms with Gasteiger partial charge in [-0.15, -0.1) is 0 Å². The standard InChI is InChI=1S/C29H42O6/c1-20(12-14-26-21(2)10-8-16-29(26,5)6)9-7-11-24(18-33-22(3)30)13-15-27-25(17-28(32)35-27)19-34-23(4)31/h9,13,17,27H,7-8,10-12,14-16,18-19H2,1-6H3/b20-9+,24-13?/t27-/m1/s1. The van der Waals surface area contributed by atoms with Crippen molar-refractivity contribution < 1.29 is 28.6 Å². The Morgan fingerprint density at radius 2 is 1.83 bits per heavy atom. The predicted molar refractivity (Wildman–Crippen MR) is 136 cm³/mol. The van der Waals surface area contributed by atoms with Crippen LogP contribution in [0.2, 0.25) is 0 Å². The highest BCUT2D eigenvalue weighted by Gasteiger charge is 2.28. The molecule has 2 rings (SSSR count). The summed E-state index contributed by atoms with van der Waals surface area (Å²) in [5.74, 6) is -1.17. The third-order valence-corrected chi connectivity index (χ3v) is 6.91. The predicted octanol–water partition coefficient (Wildman–Crippen LogP) is 6.31. The summed E-state index contributed by atoms with van der Waals surface area (Å²) in [5, 5.41) is 0. The van der Waals surface area contributed by atoms with Crippen molar-refractivity contribution in [1.82, 2.24) is 0 Å². The highest BCUT2D eigenvalue weighted by molar-refractivity contribution is 5.86. The molecule has 1 atom stereocenters. The van der Waals surface area contributed by atoms with Gasteiger partial charge in [-0.05, 0) is 69.8 Å². The van der Waals surface area contributed by atoms with E-state index >= 15 is 0 Å². The van der Waals surface area contributed by atoms with Crippen molar-refractivity contribution in [3.63, 3.8) is 0 Å². The number of cyclic esters (lactones) is 1. The zero-order valence-corrected chi connectivity index (χ0v) is 22.3. The molecule has 6 heteroatoms. The Bertz CT molecular complexity index is 915. The summed E-state index contributed by atoms with van der Waals surface area (Å²) < 4.78 is 15.6. The van der Waals surface area contributed by atoms with E-state index in [0.29, 0.717) is 17.4 Å². The van der Waals surface area contributed by atoms with Gasteiger partial charge in [-0.2, -0.15) is 0 Å². The number of esters is 3. The van der Waals surface area contributed by atoms with Gasteiger partial charge in [0.25, 0.3) is 0 Å². The molecule has 35 heavy (non-hydrogen) atoms. The highest BCUT2D eigenvalue weighted by Crippen LogP contribution is 2.42. The second-order valence-corrected chi connectivity index (χ2v) is 10.4. The average Bonchev–Trinajstić information content (AvgIpc) is 3.12. The van der Waals surface area contributed by atoms with Gasteiger partial charge in [0.15, 0.2) is 0 Å². The van der Waals surface area contributed by atoms with E-state index in [1.54, 1.807) is 11.1 Å². The van der Waals surface area contributed by atoms with Gasteiger partial charge in [0.1, 0.15) is 19.3 Å². The molecule has 2 aliphatic rings. The quantitative estimate of drug-likeness (QED) is 0.183. The van der Waals surface area contributed by atoms with E-state index in [2.05, 4.69) is 33.8 Å². The maximum Gasteiger partial charge on any atom is 0.331 e. The largest absolute Gasteiger partial charge is 0.461 e. The number of rotatable bonds is 12. The Hall–Kier alpha value is -2.63.